The summed E-state index contributed by atoms with van der Waals surface area (Å²) in [6.07, 6.45) is 4.85. The molecule has 2 aromatic heterocycles. The average Bonchev–Trinajstić information content (AvgIpc) is 2.92. The molecule has 0 bridgehead atoms. The molecule has 2 aromatic rings. The number of hydrogen-bond acceptors (Lipinski definition) is 2. The molecule has 1 saturated carbocycles. The lowest BCUT2D eigenvalue weighted by Crippen LogP contribution is -2.00. The van der Waals surface area contributed by atoms with Gasteiger partial charge in [0.1, 0.15) is 11.1 Å². The average molecular weight is 244 g/mol. The predicted molar refractivity (Wildman–Crippen MR) is 69.0 cm³/mol. The molecule has 1 aliphatic carbocycles. The van der Waals surface area contributed by atoms with Crippen LogP contribution in [0.25, 0.3) is 11.0 Å². The van der Waals surface area contributed by atoms with Crippen molar-refractivity contribution in [2.45, 2.75) is 38.5 Å². The van der Waals surface area contributed by atoms with Crippen LogP contribution in [0.15, 0.2) is 12.1 Å². The minimum Gasteiger partial charge on any atom is -0.478 e. The van der Waals surface area contributed by atoms with Crippen LogP contribution in [0, 0.1) is 6.92 Å². The molecule has 94 valence electrons. The number of carboxylic acid groups (broad SMARTS) is 1. The van der Waals surface area contributed by atoms with E-state index in [1.807, 2.05) is 12.1 Å². The minimum atomic E-state index is -0.908. The summed E-state index contributed by atoms with van der Waals surface area (Å²) in [5, 5.41) is 9.25. The Balaban J connectivity index is 2.14. The van der Waals surface area contributed by atoms with Gasteiger partial charge in [-0.15, -0.1) is 0 Å². The van der Waals surface area contributed by atoms with Gasteiger partial charge >= 0.3 is 5.97 Å². The zero-order chi connectivity index (χ0) is 12.7. The molecule has 0 saturated heterocycles. The van der Waals surface area contributed by atoms with Gasteiger partial charge in [0.2, 0.25) is 0 Å². The first-order valence-corrected chi connectivity index (χ1v) is 6.39. The highest BCUT2D eigenvalue weighted by molar-refractivity contribution is 6.02. The van der Waals surface area contributed by atoms with Gasteiger partial charge in [0, 0.05) is 17.3 Å². The second kappa shape index (κ2) is 4.12. The number of aromatic carboxylic acids is 1. The van der Waals surface area contributed by atoms with Crippen molar-refractivity contribution in [1.29, 1.82) is 0 Å². The Labute approximate surface area is 105 Å². The van der Waals surface area contributed by atoms with E-state index in [-0.39, 0.29) is 0 Å². The summed E-state index contributed by atoms with van der Waals surface area (Å²) in [5.74, 6) is -0.402. The topological polar surface area (TPSA) is 66.0 Å². The van der Waals surface area contributed by atoms with Gasteiger partial charge < -0.3 is 10.1 Å². The van der Waals surface area contributed by atoms with Crippen molar-refractivity contribution in [2.24, 2.45) is 0 Å². The van der Waals surface area contributed by atoms with Gasteiger partial charge in [-0.2, -0.15) is 0 Å². The number of pyridine rings is 1. The van der Waals surface area contributed by atoms with Crippen molar-refractivity contribution in [2.75, 3.05) is 0 Å². The normalized spacial score (nSPS) is 16.5. The molecule has 4 nitrogen and oxygen atoms in total. The summed E-state index contributed by atoms with van der Waals surface area (Å²) >= 11 is 0. The maximum absolute atomic E-state index is 11.3. The highest BCUT2D eigenvalue weighted by atomic mass is 16.4. The third-order valence-corrected chi connectivity index (χ3v) is 3.84. The van der Waals surface area contributed by atoms with Crippen molar-refractivity contribution in [3.8, 4) is 0 Å². The number of hydrogen-bond donors (Lipinski definition) is 2. The lowest BCUT2D eigenvalue weighted by atomic mass is 10.0. The third-order valence-electron chi connectivity index (χ3n) is 3.84. The fourth-order valence-corrected chi connectivity index (χ4v) is 2.92. The molecular weight excluding hydrogens is 228 g/mol. The van der Waals surface area contributed by atoms with Crippen LogP contribution in [0.3, 0.4) is 0 Å². The van der Waals surface area contributed by atoms with Crippen LogP contribution < -0.4 is 0 Å². The molecule has 18 heavy (non-hydrogen) atoms. The van der Waals surface area contributed by atoms with Gasteiger partial charge in [0.15, 0.2) is 0 Å². The maximum Gasteiger partial charge on any atom is 0.339 e. The summed E-state index contributed by atoms with van der Waals surface area (Å²) in [7, 11) is 0. The van der Waals surface area contributed by atoms with Crippen molar-refractivity contribution in [1.82, 2.24) is 9.97 Å². The third kappa shape index (κ3) is 1.68. The molecule has 0 aromatic carbocycles. The number of aromatic nitrogens is 2. The van der Waals surface area contributed by atoms with E-state index in [9.17, 15) is 9.90 Å². The molecule has 3 rings (SSSR count). The van der Waals surface area contributed by atoms with Crippen LogP contribution in [0.1, 0.15) is 53.3 Å². The Kier molecular flexibility index (Phi) is 2.58. The zero-order valence-electron chi connectivity index (χ0n) is 10.4. The standard InChI is InChI=1S/C14H16N2O2/c1-8-12(14(17)18)13-11(15-8)7-6-10(16-13)9-4-2-3-5-9/h6-7,9,15H,2-5H2,1H3,(H,17,18). The predicted octanol–water partition coefficient (Wildman–Crippen LogP) is 3.23. The van der Waals surface area contributed by atoms with Gasteiger partial charge in [-0.05, 0) is 31.9 Å². The first-order valence-electron chi connectivity index (χ1n) is 6.39. The van der Waals surface area contributed by atoms with E-state index in [1.165, 1.54) is 25.7 Å². The summed E-state index contributed by atoms with van der Waals surface area (Å²) in [6.45, 7) is 1.78. The Morgan fingerprint density at radius 1 is 1.39 bits per heavy atom. The second-order valence-electron chi connectivity index (χ2n) is 5.04. The van der Waals surface area contributed by atoms with Crippen LogP contribution in [-0.4, -0.2) is 21.0 Å². The van der Waals surface area contributed by atoms with Crippen molar-refractivity contribution >= 4 is 17.0 Å². The highest BCUT2D eigenvalue weighted by Crippen LogP contribution is 2.34. The van der Waals surface area contributed by atoms with E-state index in [4.69, 9.17) is 0 Å². The number of carboxylic acids is 1. The molecule has 0 amide bonds. The van der Waals surface area contributed by atoms with E-state index in [1.54, 1.807) is 6.92 Å². The first kappa shape index (κ1) is 11.3. The highest BCUT2D eigenvalue weighted by Gasteiger charge is 2.21. The second-order valence-corrected chi connectivity index (χ2v) is 5.04. The van der Waals surface area contributed by atoms with E-state index >= 15 is 0 Å². The number of rotatable bonds is 2. The SMILES string of the molecule is Cc1[nH]c2ccc(C3CCCC3)nc2c1C(=O)O. The van der Waals surface area contributed by atoms with Crippen molar-refractivity contribution in [3.63, 3.8) is 0 Å². The summed E-state index contributed by atoms with van der Waals surface area (Å²) in [4.78, 5) is 18.9. The first-order chi connectivity index (χ1) is 8.66. The van der Waals surface area contributed by atoms with Crippen molar-refractivity contribution in [3.05, 3.63) is 29.1 Å². The molecule has 0 spiro atoms. The molecule has 0 atom stereocenters. The quantitative estimate of drug-likeness (QED) is 0.852. The molecule has 1 fully saturated rings. The number of nitrogens with zero attached hydrogens (tertiary/aromatic N) is 1. The van der Waals surface area contributed by atoms with Gasteiger partial charge in [0.05, 0.1) is 5.52 Å². The number of carbonyl (C=O) groups is 1. The summed E-state index contributed by atoms with van der Waals surface area (Å²) < 4.78 is 0. The van der Waals surface area contributed by atoms with Crippen LogP contribution in [0.4, 0.5) is 0 Å². The lowest BCUT2D eigenvalue weighted by Gasteiger charge is -2.08. The molecule has 1 aliphatic rings. The maximum atomic E-state index is 11.3. The largest absolute Gasteiger partial charge is 0.478 e. The number of fused-ring (bicyclic) bond motifs is 1. The van der Waals surface area contributed by atoms with Gasteiger partial charge in [-0.1, -0.05) is 12.8 Å². The van der Waals surface area contributed by atoms with Gasteiger partial charge in [0.25, 0.3) is 0 Å². The molecule has 0 aliphatic heterocycles. The number of aryl methyl sites for hydroxylation is 1. The Hall–Kier alpha value is -1.84. The lowest BCUT2D eigenvalue weighted by molar-refractivity contribution is 0.0698. The molecule has 0 radical (unpaired) electrons. The van der Waals surface area contributed by atoms with Crippen LogP contribution >= 0.6 is 0 Å². The van der Waals surface area contributed by atoms with E-state index in [0.717, 1.165) is 11.2 Å². The molecule has 2 N–H and O–H groups in total. The molecular formula is C14H16N2O2. The Morgan fingerprint density at radius 3 is 2.78 bits per heavy atom. The fraction of sp³-hybridized carbons (Fsp3) is 0.429. The van der Waals surface area contributed by atoms with Crippen LogP contribution in [0.2, 0.25) is 0 Å². The zero-order valence-corrected chi connectivity index (χ0v) is 10.4. The Bertz CT molecular complexity index is 610. The monoisotopic (exact) mass is 244 g/mol. The van der Waals surface area contributed by atoms with E-state index in [2.05, 4.69) is 9.97 Å². The minimum absolute atomic E-state index is 0.310. The number of nitrogens with one attached hydrogen (secondary N) is 1. The fourth-order valence-electron chi connectivity index (χ4n) is 2.92. The van der Waals surface area contributed by atoms with E-state index < -0.39 is 5.97 Å². The molecule has 2 heterocycles. The summed E-state index contributed by atoms with van der Waals surface area (Å²) in [5.41, 5.74) is 3.44. The van der Waals surface area contributed by atoms with Crippen LogP contribution in [-0.2, 0) is 0 Å². The summed E-state index contributed by atoms with van der Waals surface area (Å²) in [6, 6.07) is 3.98. The van der Waals surface area contributed by atoms with Crippen molar-refractivity contribution < 1.29 is 9.90 Å². The molecule has 4 heteroatoms. The number of H-pyrrole nitrogens is 1. The molecule has 0 unspecified atom stereocenters. The van der Waals surface area contributed by atoms with E-state index in [0.29, 0.717) is 22.7 Å². The number of aromatic amines is 1. The smallest absolute Gasteiger partial charge is 0.339 e. The van der Waals surface area contributed by atoms with Crippen LogP contribution in [0.5, 0.6) is 0 Å². The van der Waals surface area contributed by atoms with Gasteiger partial charge in [-0.25, -0.2) is 4.79 Å². The Morgan fingerprint density at radius 2 is 2.11 bits per heavy atom. The van der Waals surface area contributed by atoms with Gasteiger partial charge in [-0.3, -0.25) is 4.98 Å².